The first-order valence-corrected chi connectivity index (χ1v) is 6.63. The van der Waals surface area contributed by atoms with Crippen LogP contribution in [0.1, 0.15) is 12.5 Å². The van der Waals surface area contributed by atoms with Crippen molar-refractivity contribution in [1.29, 1.82) is 0 Å². The van der Waals surface area contributed by atoms with Gasteiger partial charge >= 0.3 is 5.97 Å². The van der Waals surface area contributed by atoms with Crippen LogP contribution in [0.4, 0.5) is 0 Å². The van der Waals surface area contributed by atoms with E-state index in [1.807, 2.05) is 43.3 Å². The molecule has 112 valence electrons. The Morgan fingerprint density at radius 3 is 2.40 bits per heavy atom. The standard InChI is InChI=1S/C15H24N2O3/c1-15(14(18)19,16-9-10-17(2)3)11-12-5-7-13(20-4)8-6-12/h5-8,16H,9-11H2,1-4H3,(H,18,19). The van der Waals surface area contributed by atoms with Crippen LogP contribution in [0.15, 0.2) is 24.3 Å². The number of nitrogens with one attached hydrogen (secondary N) is 1. The molecule has 1 atom stereocenters. The van der Waals surface area contributed by atoms with E-state index in [1.54, 1.807) is 14.0 Å². The Morgan fingerprint density at radius 2 is 1.95 bits per heavy atom. The van der Waals surface area contributed by atoms with Crippen LogP contribution in [-0.2, 0) is 11.2 Å². The van der Waals surface area contributed by atoms with Gasteiger partial charge in [0.1, 0.15) is 11.3 Å². The second-order valence-corrected chi connectivity index (χ2v) is 5.39. The Bertz CT molecular complexity index is 431. The number of hydrogen-bond acceptors (Lipinski definition) is 4. The van der Waals surface area contributed by atoms with Gasteiger partial charge in [0.05, 0.1) is 7.11 Å². The molecule has 0 saturated heterocycles. The molecule has 2 N–H and O–H groups in total. The van der Waals surface area contributed by atoms with Crippen LogP contribution in [0.2, 0.25) is 0 Å². The molecule has 1 aromatic rings. The molecule has 20 heavy (non-hydrogen) atoms. The molecule has 0 saturated carbocycles. The van der Waals surface area contributed by atoms with Crippen LogP contribution in [0.5, 0.6) is 5.75 Å². The fourth-order valence-corrected chi connectivity index (χ4v) is 1.92. The average molecular weight is 280 g/mol. The minimum absolute atomic E-state index is 0.430. The lowest BCUT2D eigenvalue weighted by Crippen LogP contribution is -2.52. The second-order valence-electron chi connectivity index (χ2n) is 5.39. The average Bonchev–Trinajstić information content (AvgIpc) is 2.39. The Hall–Kier alpha value is -1.59. The zero-order valence-electron chi connectivity index (χ0n) is 12.6. The molecule has 0 radical (unpaired) electrons. The summed E-state index contributed by atoms with van der Waals surface area (Å²) in [7, 11) is 5.53. The molecular formula is C15H24N2O3. The summed E-state index contributed by atoms with van der Waals surface area (Å²) in [6.07, 6.45) is 0.430. The molecule has 0 aliphatic rings. The molecule has 0 aliphatic heterocycles. The fraction of sp³-hybridized carbons (Fsp3) is 0.533. The molecule has 1 rings (SSSR count). The number of hydrogen-bond donors (Lipinski definition) is 2. The van der Waals surface area contributed by atoms with Crippen LogP contribution in [-0.4, -0.2) is 55.8 Å². The number of carbonyl (C=O) groups is 1. The van der Waals surface area contributed by atoms with E-state index in [0.29, 0.717) is 13.0 Å². The summed E-state index contributed by atoms with van der Waals surface area (Å²) in [5.74, 6) is -0.0709. The zero-order valence-corrected chi connectivity index (χ0v) is 12.6. The maximum atomic E-state index is 11.5. The topological polar surface area (TPSA) is 61.8 Å². The third-order valence-corrected chi connectivity index (χ3v) is 3.26. The summed E-state index contributed by atoms with van der Waals surface area (Å²) in [5, 5.41) is 12.6. The largest absolute Gasteiger partial charge is 0.497 e. The van der Waals surface area contributed by atoms with Crippen LogP contribution in [0.3, 0.4) is 0 Å². The monoisotopic (exact) mass is 280 g/mol. The van der Waals surface area contributed by atoms with Gasteiger partial charge in [-0.2, -0.15) is 0 Å². The summed E-state index contributed by atoms with van der Waals surface area (Å²) < 4.78 is 5.10. The van der Waals surface area contributed by atoms with E-state index in [4.69, 9.17) is 4.74 Å². The molecule has 1 unspecified atom stereocenters. The number of aliphatic carboxylic acids is 1. The Morgan fingerprint density at radius 1 is 1.35 bits per heavy atom. The van der Waals surface area contributed by atoms with Crippen molar-refractivity contribution >= 4 is 5.97 Å². The van der Waals surface area contributed by atoms with Crippen molar-refractivity contribution in [2.75, 3.05) is 34.3 Å². The van der Waals surface area contributed by atoms with Crippen molar-refractivity contribution in [3.8, 4) is 5.75 Å². The van der Waals surface area contributed by atoms with E-state index in [9.17, 15) is 9.90 Å². The SMILES string of the molecule is COc1ccc(CC(C)(NCCN(C)C)C(=O)O)cc1. The van der Waals surface area contributed by atoms with Crippen LogP contribution >= 0.6 is 0 Å². The molecule has 0 bridgehead atoms. The van der Waals surface area contributed by atoms with Gasteiger partial charge in [-0.1, -0.05) is 12.1 Å². The van der Waals surface area contributed by atoms with E-state index in [2.05, 4.69) is 5.32 Å². The molecule has 1 aromatic carbocycles. The maximum absolute atomic E-state index is 11.5. The first kappa shape index (κ1) is 16.5. The minimum Gasteiger partial charge on any atom is -0.497 e. The van der Waals surface area contributed by atoms with Gasteiger partial charge in [-0.05, 0) is 38.7 Å². The smallest absolute Gasteiger partial charge is 0.323 e. The Labute approximate surface area is 120 Å². The van der Waals surface area contributed by atoms with Gasteiger partial charge < -0.3 is 20.1 Å². The number of likely N-dealkylation sites (N-methyl/N-ethyl adjacent to an activating group) is 1. The van der Waals surface area contributed by atoms with Crippen molar-refractivity contribution in [3.63, 3.8) is 0 Å². The van der Waals surface area contributed by atoms with Crippen molar-refractivity contribution in [2.24, 2.45) is 0 Å². The molecule has 0 amide bonds. The van der Waals surface area contributed by atoms with Gasteiger partial charge in [0, 0.05) is 19.5 Å². The number of rotatable bonds is 8. The first-order valence-electron chi connectivity index (χ1n) is 6.63. The Balaban J connectivity index is 2.71. The number of carboxylic acid groups (broad SMARTS) is 1. The van der Waals surface area contributed by atoms with Gasteiger partial charge in [-0.3, -0.25) is 4.79 Å². The third kappa shape index (κ3) is 4.83. The predicted molar refractivity (Wildman–Crippen MR) is 79.3 cm³/mol. The van der Waals surface area contributed by atoms with E-state index in [-0.39, 0.29) is 0 Å². The van der Waals surface area contributed by atoms with E-state index < -0.39 is 11.5 Å². The molecule has 0 spiro atoms. The second kappa shape index (κ2) is 7.26. The number of carboxylic acids is 1. The molecule has 0 aromatic heterocycles. The van der Waals surface area contributed by atoms with Crippen LogP contribution in [0, 0.1) is 0 Å². The van der Waals surface area contributed by atoms with E-state index >= 15 is 0 Å². The van der Waals surface area contributed by atoms with Gasteiger partial charge in [-0.15, -0.1) is 0 Å². The molecular weight excluding hydrogens is 256 g/mol. The van der Waals surface area contributed by atoms with E-state index in [1.165, 1.54) is 0 Å². The summed E-state index contributed by atoms with van der Waals surface area (Å²) in [4.78, 5) is 13.5. The lowest BCUT2D eigenvalue weighted by atomic mass is 9.92. The number of ether oxygens (including phenoxy) is 1. The molecule has 0 aliphatic carbocycles. The van der Waals surface area contributed by atoms with Crippen molar-refractivity contribution in [1.82, 2.24) is 10.2 Å². The highest BCUT2D eigenvalue weighted by molar-refractivity contribution is 5.78. The highest BCUT2D eigenvalue weighted by atomic mass is 16.5. The van der Waals surface area contributed by atoms with Crippen LogP contribution < -0.4 is 10.1 Å². The lowest BCUT2D eigenvalue weighted by molar-refractivity contribution is -0.144. The van der Waals surface area contributed by atoms with Gasteiger partial charge in [-0.25, -0.2) is 0 Å². The van der Waals surface area contributed by atoms with Gasteiger partial charge in [0.25, 0.3) is 0 Å². The zero-order chi connectivity index (χ0) is 15.2. The van der Waals surface area contributed by atoms with Crippen molar-refractivity contribution in [2.45, 2.75) is 18.9 Å². The Kier molecular flexibility index (Phi) is 5.98. The number of methoxy groups -OCH3 is 1. The predicted octanol–water partition coefficient (Wildman–Crippen LogP) is 1.23. The lowest BCUT2D eigenvalue weighted by Gasteiger charge is -2.27. The van der Waals surface area contributed by atoms with E-state index in [0.717, 1.165) is 17.9 Å². The van der Waals surface area contributed by atoms with Crippen molar-refractivity contribution in [3.05, 3.63) is 29.8 Å². The molecule has 5 nitrogen and oxygen atoms in total. The van der Waals surface area contributed by atoms with Crippen molar-refractivity contribution < 1.29 is 14.6 Å². The summed E-state index contributed by atoms with van der Waals surface area (Å²) in [5.41, 5.74) is -0.00187. The molecule has 5 heteroatoms. The third-order valence-electron chi connectivity index (χ3n) is 3.26. The van der Waals surface area contributed by atoms with Crippen LogP contribution in [0.25, 0.3) is 0 Å². The number of benzene rings is 1. The fourth-order valence-electron chi connectivity index (χ4n) is 1.92. The highest BCUT2D eigenvalue weighted by Crippen LogP contribution is 2.17. The highest BCUT2D eigenvalue weighted by Gasteiger charge is 2.32. The quantitative estimate of drug-likeness (QED) is 0.750. The number of nitrogens with zero attached hydrogens (tertiary/aromatic N) is 1. The van der Waals surface area contributed by atoms with Gasteiger partial charge in [0.2, 0.25) is 0 Å². The summed E-state index contributed by atoms with van der Waals surface area (Å²) in [6, 6.07) is 7.48. The van der Waals surface area contributed by atoms with Gasteiger partial charge in [0.15, 0.2) is 0 Å². The minimum atomic E-state index is -0.968. The first-order chi connectivity index (χ1) is 9.37. The molecule has 0 fully saturated rings. The summed E-state index contributed by atoms with van der Waals surface area (Å²) >= 11 is 0. The summed E-state index contributed by atoms with van der Waals surface area (Å²) in [6.45, 7) is 3.15. The molecule has 0 heterocycles. The maximum Gasteiger partial charge on any atom is 0.323 e. The normalized spacial score (nSPS) is 14.1.